The summed E-state index contributed by atoms with van der Waals surface area (Å²) in [6.07, 6.45) is 1.86. The Morgan fingerprint density at radius 3 is 3.00 bits per heavy atom. The highest BCUT2D eigenvalue weighted by Gasteiger charge is 2.18. The lowest BCUT2D eigenvalue weighted by Crippen LogP contribution is -2.01. The smallest absolute Gasteiger partial charge is 0.367 e. The molecule has 0 spiro atoms. The summed E-state index contributed by atoms with van der Waals surface area (Å²) in [5.74, 6) is 0. The van der Waals surface area contributed by atoms with Crippen molar-refractivity contribution in [2.24, 2.45) is 0 Å². The molecule has 0 aromatic heterocycles. The standard InChI is InChI=1S/C5H8O3S/c6-5(7)9-4-2-1-3-8-4/h4H,1-3H2,(H,6,7). The van der Waals surface area contributed by atoms with Crippen LogP contribution >= 0.6 is 11.8 Å². The number of hydrogen-bond acceptors (Lipinski definition) is 3. The Hall–Kier alpha value is -0.220. The average Bonchev–Trinajstić information content (AvgIpc) is 2.15. The Balaban J connectivity index is 2.19. The van der Waals surface area contributed by atoms with Crippen molar-refractivity contribution in [2.45, 2.75) is 18.3 Å². The van der Waals surface area contributed by atoms with Crippen LogP contribution in [0.5, 0.6) is 0 Å². The van der Waals surface area contributed by atoms with Gasteiger partial charge in [-0.25, -0.2) is 4.79 Å². The maximum absolute atomic E-state index is 10.0. The lowest BCUT2D eigenvalue weighted by Gasteiger charge is -2.01. The third-order valence-electron chi connectivity index (χ3n) is 1.12. The van der Waals surface area contributed by atoms with Crippen LogP contribution in [0.25, 0.3) is 0 Å². The molecule has 0 bridgehead atoms. The predicted octanol–water partition coefficient (Wildman–Crippen LogP) is 1.53. The average molecular weight is 148 g/mol. The summed E-state index contributed by atoms with van der Waals surface area (Å²) in [7, 11) is 0. The number of carboxylic acid groups (broad SMARTS) is 1. The van der Waals surface area contributed by atoms with Crippen LogP contribution in [0.1, 0.15) is 12.8 Å². The van der Waals surface area contributed by atoms with Crippen LogP contribution in [0.3, 0.4) is 0 Å². The molecule has 1 aliphatic rings. The number of thioether (sulfide) groups is 1. The maximum Gasteiger partial charge on any atom is 0.367 e. The normalized spacial score (nSPS) is 26.4. The second kappa shape index (κ2) is 3.08. The number of ether oxygens (including phenoxy) is 1. The largest absolute Gasteiger partial charge is 0.473 e. The van der Waals surface area contributed by atoms with Gasteiger partial charge < -0.3 is 9.84 Å². The summed E-state index contributed by atoms with van der Waals surface area (Å²) in [6, 6.07) is 0. The predicted molar refractivity (Wildman–Crippen MR) is 34.6 cm³/mol. The highest BCUT2D eigenvalue weighted by molar-refractivity contribution is 8.13. The fourth-order valence-electron chi connectivity index (χ4n) is 0.754. The molecule has 0 aromatic carbocycles. The van der Waals surface area contributed by atoms with Gasteiger partial charge in [0.05, 0.1) is 0 Å². The van der Waals surface area contributed by atoms with Gasteiger partial charge in [0.15, 0.2) is 0 Å². The van der Waals surface area contributed by atoms with Gasteiger partial charge >= 0.3 is 5.30 Å². The molecule has 1 atom stereocenters. The molecule has 0 aromatic rings. The quantitative estimate of drug-likeness (QED) is 0.612. The molecule has 1 rings (SSSR count). The first-order chi connectivity index (χ1) is 4.29. The maximum atomic E-state index is 10.0. The lowest BCUT2D eigenvalue weighted by molar-refractivity contribution is 0.172. The van der Waals surface area contributed by atoms with E-state index in [4.69, 9.17) is 9.84 Å². The van der Waals surface area contributed by atoms with Gasteiger partial charge in [-0.15, -0.1) is 0 Å². The molecule has 0 amide bonds. The summed E-state index contributed by atoms with van der Waals surface area (Å²) < 4.78 is 5.05. The zero-order valence-electron chi connectivity index (χ0n) is 4.87. The molecule has 3 nitrogen and oxygen atoms in total. The van der Waals surface area contributed by atoms with Gasteiger partial charge in [0.1, 0.15) is 5.44 Å². The van der Waals surface area contributed by atoms with E-state index in [1.807, 2.05) is 0 Å². The van der Waals surface area contributed by atoms with E-state index in [2.05, 4.69) is 0 Å². The van der Waals surface area contributed by atoms with E-state index < -0.39 is 5.30 Å². The molecule has 0 aliphatic carbocycles. The molecule has 1 unspecified atom stereocenters. The molecule has 4 heteroatoms. The first-order valence-electron chi connectivity index (χ1n) is 2.80. The van der Waals surface area contributed by atoms with Gasteiger partial charge in [0.25, 0.3) is 0 Å². The highest BCUT2D eigenvalue weighted by Crippen LogP contribution is 2.23. The third kappa shape index (κ3) is 2.24. The van der Waals surface area contributed by atoms with Crippen molar-refractivity contribution >= 4 is 17.1 Å². The second-order valence-electron chi connectivity index (χ2n) is 1.83. The summed E-state index contributed by atoms with van der Waals surface area (Å²) in [5.41, 5.74) is -0.0949. The van der Waals surface area contributed by atoms with Crippen LogP contribution in [-0.4, -0.2) is 22.5 Å². The van der Waals surface area contributed by atoms with Crippen molar-refractivity contribution in [2.75, 3.05) is 6.61 Å². The monoisotopic (exact) mass is 148 g/mol. The molecule has 52 valence electrons. The lowest BCUT2D eigenvalue weighted by atomic mass is 10.4. The number of carbonyl (C=O) groups is 1. The molecule has 0 radical (unpaired) electrons. The Kier molecular flexibility index (Phi) is 2.36. The molecule has 0 saturated carbocycles. The van der Waals surface area contributed by atoms with E-state index in [-0.39, 0.29) is 5.44 Å². The third-order valence-corrected chi connectivity index (χ3v) is 1.96. The van der Waals surface area contributed by atoms with Gasteiger partial charge in [-0.1, -0.05) is 0 Å². The zero-order chi connectivity index (χ0) is 6.69. The van der Waals surface area contributed by atoms with E-state index in [1.165, 1.54) is 0 Å². The Morgan fingerprint density at radius 2 is 2.56 bits per heavy atom. The Morgan fingerprint density at radius 1 is 1.78 bits per heavy atom. The molecule has 1 N–H and O–H groups in total. The minimum absolute atomic E-state index is 0.0949. The zero-order valence-corrected chi connectivity index (χ0v) is 5.69. The van der Waals surface area contributed by atoms with Crippen LogP contribution in [0.4, 0.5) is 4.79 Å². The SMILES string of the molecule is O=C(O)SC1CCCO1. The van der Waals surface area contributed by atoms with Crippen molar-refractivity contribution in [3.63, 3.8) is 0 Å². The van der Waals surface area contributed by atoms with E-state index in [9.17, 15) is 4.79 Å². The molecular formula is C5H8O3S. The minimum Gasteiger partial charge on any atom is -0.473 e. The van der Waals surface area contributed by atoms with Gasteiger partial charge in [0, 0.05) is 6.61 Å². The van der Waals surface area contributed by atoms with Gasteiger partial charge in [0.2, 0.25) is 0 Å². The Bertz CT molecular complexity index is 109. The van der Waals surface area contributed by atoms with Crippen molar-refractivity contribution in [1.82, 2.24) is 0 Å². The van der Waals surface area contributed by atoms with Crippen molar-refractivity contribution in [1.29, 1.82) is 0 Å². The van der Waals surface area contributed by atoms with Crippen LogP contribution in [0.15, 0.2) is 0 Å². The summed E-state index contributed by atoms with van der Waals surface area (Å²) in [4.78, 5) is 10.0. The van der Waals surface area contributed by atoms with Crippen molar-refractivity contribution in [3.8, 4) is 0 Å². The summed E-state index contributed by atoms with van der Waals surface area (Å²) in [5, 5.41) is 7.41. The fraction of sp³-hybridized carbons (Fsp3) is 0.800. The molecule has 1 fully saturated rings. The van der Waals surface area contributed by atoms with Crippen molar-refractivity contribution < 1.29 is 14.6 Å². The van der Waals surface area contributed by atoms with Crippen LogP contribution in [-0.2, 0) is 4.74 Å². The van der Waals surface area contributed by atoms with Crippen LogP contribution in [0, 0.1) is 0 Å². The highest BCUT2D eigenvalue weighted by atomic mass is 32.2. The second-order valence-corrected chi connectivity index (χ2v) is 2.94. The molecule has 1 heterocycles. The van der Waals surface area contributed by atoms with E-state index in [0.29, 0.717) is 6.61 Å². The first kappa shape index (κ1) is 6.89. The van der Waals surface area contributed by atoms with Gasteiger partial charge in [-0.05, 0) is 24.6 Å². The Labute approximate surface area is 57.4 Å². The first-order valence-corrected chi connectivity index (χ1v) is 3.68. The van der Waals surface area contributed by atoms with Crippen molar-refractivity contribution in [3.05, 3.63) is 0 Å². The van der Waals surface area contributed by atoms with E-state index >= 15 is 0 Å². The van der Waals surface area contributed by atoms with E-state index in [1.54, 1.807) is 0 Å². The topological polar surface area (TPSA) is 46.5 Å². The number of hydrogen-bond donors (Lipinski definition) is 1. The molecule has 9 heavy (non-hydrogen) atoms. The number of rotatable bonds is 1. The molecular weight excluding hydrogens is 140 g/mol. The summed E-state index contributed by atoms with van der Waals surface area (Å²) in [6.45, 7) is 0.713. The molecule has 1 aliphatic heterocycles. The van der Waals surface area contributed by atoms with E-state index in [0.717, 1.165) is 24.6 Å². The van der Waals surface area contributed by atoms with Gasteiger partial charge in [-0.2, -0.15) is 0 Å². The molecule has 1 saturated heterocycles. The summed E-state index contributed by atoms with van der Waals surface area (Å²) >= 11 is 0.856. The minimum atomic E-state index is -0.845. The fourth-order valence-corrected chi connectivity index (χ4v) is 1.43. The van der Waals surface area contributed by atoms with Gasteiger partial charge in [-0.3, -0.25) is 0 Å². The van der Waals surface area contributed by atoms with Crippen LogP contribution in [0.2, 0.25) is 0 Å². The van der Waals surface area contributed by atoms with Crippen LogP contribution < -0.4 is 0 Å².